The minimum atomic E-state index is -4.44. The minimum Gasteiger partial charge on any atom is -0.338 e. The highest BCUT2D eigenvalue weighted by Gasteiger charge is 2.31. The Balaban J connectivity index is 1.44. The molecule has 0 bridgehead atoms. The molecule has 3 rings (SSSR count). The molecule has 162 valence electrons. The second-order valence-corrected chi connectivity index (χ2v) is 8.04. The minimum absolute atomic E-state index is 0.0136. The van der Waals surface area contributed by atoms with E-state index in [9.17, 15) is 22.8 Å². The van der Waals surface area contributed by atoms with Crippen LogP contribution in [0.4, 0.5) is 13.2 Å². The molecule has 1 saturated heterocycles. The topological polar surface area (TPSA) is 64.4 Å². The molecule has 2 amide bonds. The maximum atomic E-state index is 12.7. The van der Waals surface area contributed by atoms with E-state index in [2.05, 4.69) is 6.07 Å². The van der Waals surface area contributed by atoms with E-state index in [1.165, 1.54) is 23.9 Å². The first-order valence-corrected chi connectivity index (χ1v) is 10.7. The van der Waals surface area contributed by atoms with Gasteiger partial charge in [-0.15, -0.1) is 11.8 Å². The quantitative estimate of drug-likeness (QED) is 0.700. The lowest BCUT2D eigenvalue weighted by molar-refractivity contribution is -0.137. The van der Waals surface area contributed by atoms with Gasteiger partial charge in [0.2, 0.25) is 5.91 Å². The summed E-state index contributed by atoms with van der Waals surface area (Å²) in [4.78, 5) is 28.2. The summed E-state index contributed by atoms with van der Waals surface area (Å²) in [5.74, 6) is 0.618. The molecule has 5 nitrogen and oxygen atoms in total. The molecule has 1 heterocycles. The molecule has 2 aromatic rings. The van der Waals surface area contributed by atoms with Crippen LogP contribution in [0.3, 0.4) is 0 Å². The van der Waals surface area contributed by atoms with Crippen LogP contribution in [0.25, 0.3) is 0 Å². The van der Waals surface area contributed by atoms with Crippen molar-refractivity contribution < 1.29 is 22.8 Å². The number of alkyl halides is 3. The van der Waals surface area contributed by atoms with Gasteiger partial charge < -0.3 is 9.80 Å². The fourth-order valence-corrected chi connectivity index (χ4v) is 4.05. The standard InChI is InChI=1S/C22H20F3N3O2S/c23-22(24,25)19-7-5-18(6-8-19)21(30)28-11-9-27(10-12-28)20(29)15-31-14-17-3-1-16(13-26)2-4-17/h1-8H,9-12,14-15H2. The van der Waals surface area contributed by atoms with Crippen molar-refractivity contribution in [1.82, 2.24) is 9.80 Å². The molecule has 9 heteroatoms. The van der Waals surface area contributed by atoms with Gasteiger partial charge in [-0.2, -0.15) is 18.4 Å². The number of piperazine rings is 1. The van der Waals surface area contributed by atoms with Crippen molar-refractivity contribution in [3.05, 3.63) is 70.8 Å². The summed E-state index contributed by atoms with van der Waals surface area (Å²) >= 11 is 1.48. The first-order chi connectivity index (χ1) is 14.8. The van der Waals surface area contributed by atoms with Gasteiger partial charge in [-0.1, -0.05) is 12.1 Å². The second-order valence-electron chi connectivity index (χ2n) is 7.05. The van der Waals surface area contributed by atoms with Crippen LogP contribution < -0.4 is 0 Å². The molecular formula is C22H20F3N3O2S. The van der Waals surface area contributed by atoms with Crippen LogP contribution in [-0.4, -0.2) is 53.5 Å². The van der Waals surface area contributed by atoms with Crippen LogP contribution >= 0.6 is 11.8 Å². The van der Waals surface area contributed by atoms with Crippen LogP contribution in [0.5, 0.6) is 0 Å². The Morgan fingerprint density at radius 2 is 1.52 bits per heavy atom. The molecule has 0 saturated carbocycles. The third-order valence-corrected chi connectivity index (χ3v) is 5.94. The fraction of sp³-hybridized carbons (Fsp3) is 0.318. The maximum Gasteiger partial charge on any atom is 0.416 e. The molecule has 0 atom stereocenters. The molecule has 0 spiro atoms. The van der Waals surface area contributed by atoms with Crippen LogP contribution in [0.15, 0.2) is 48.5 Å². The van der Waals surface area contributed by atoms with Gasteiger partial charge in [-0.3, -0.25) is 9.59 Å². The smallest absolute Gasteiger partial charge is 0.338 e. The van der Waals surface area contributed by atoms with Crippen molar-refractivity contribution in [3.63, 3.8) is 0 Å². The van der Waals surface area contributed by atoms with Gasteiger partial charge in [0, 0.05) is 37.5 Å². The number of hydrogen-bond acceptors (Lipinski definition) is 4. The summed E-state index contributed by atoms with van der Waals surface area (Å²) in [5.41, 5.74) is 1.03. The number of benzene rings is 2. The van der Waals surface area contributed by atoms with Gasteiger partial charge in [-0.25, -0.2) is 0 Å². The molecule has 2 aromatic carbocycles. The molecule has 0 radical (unpaired) electrons. The predicted octanol–water partition coefficient (Wildman–Crippen LogP) is 3.79. The van der Waals surface area contributed by atoms with E-state index >= 15 is 0 Å². The highest BCUT2D eigenvalue weighted by Crippen LogP contribution is 2.29. The monoisotopic (exact) mass is 447 g/mol. The van der Waals surface area contributed by atoms with E-state index in [4.69, 9.17) is 5.26 Å². The summed E-state index contributed by atoms with van der Waals surface area (Å²) in [6.45, 7) is 1.46. The number of carbonyl (C=O) groups is 2. The van der Waals surface area contributed by atoms with Gasteiger partial charge in [0.1, 0.15) is 0 Å². The Hall–Kier alpha value is -2.99. The Morgan fingerprint density at radius 3 is 2.06 bits per heavy atom. The number of thioether (sulfide) groups is 1. The van der Waals surface area contributed by atoms with Gasteiger partial charge in [0.05, 0.1) is 22.9 Å². The summed E-state index contributed by atoms with van der Waals surface area (Å²) in [7, 11) is 0. The maximum absolute atomic E-state index is 12.7. The molecule has 0 aliphatic carbocycles. The highest BCUT2D eigenvalue weighted by molar-refractivity contribution is 7.99. The first-order valence-electron chi connectivity index (χ1n) is 9.59. The van der Waals surface area contributed by atoms with Crippen molar-refractivity contribution in [2.75, 3.05) is 31.9 Å². The third kappa shape index (κ3) is 6.01. The Kier molecular flexibility index (Phi) is 7.23. The molecule has 0 N–H and O–H groups in total. The van der Waals surface area contributed by atoms with Gasteiger partial charge >= 0.3 is 6.18 Å². The molecular weight excluding hydrogens is 427 g/mol. The predicted molar refractivity (Wildman–Crippen MR) is 111 cm³/mol. The van der Waals surface area contributed by atoms with Gasteiger partial charge in [0.15, 0.2) is 0 Å². The normalized spacial score (nSPS) is 14.3. The number of halogens is 3. The molecule has 0 aromatic heterocycles. The zero-order valence-electron chi connectivity index (χ0n) is 16.6. The summed E-state index contributed by atoms with van der Waals surface area (Å²) < 4.78 is 38.0. The highest BCUT2D eigenvalue weighted by atomic mass is 32.2. The van der Waals surface area contributed by atoms with E-state index in [0.29, 0.717) is 43.2 Å². The largest absolute Gasteiger partial charge is 0.416 e. The van der Waals surface area contributed by atoms with Crippen molar-refractivity contribution in [3.8, 4) is 6.07 Å². The average Bonchev–Trinajstić information content (AvgIpc) is 2.78. The van der Waals surface area contributed by atoms with Crippen molar-refractivity contribution >= 4 is 23.6 Å². The lowest BCUT2D eigenvalue weighted by Gasteiger charge is -2.34. The molecule has 1 fully saturated rings. The molecule has 1 aliphatic heterocycles. The summed E-state index contributed by atoms with van der Waals surface area (Å²) in [6.07, 6.45) is -4.44. The number of amides is 2. The Labute approximate surface area is 182 Å². The molecule has 31 heavy (non-hydrogen) atoms. The van der Waals surface area contributed by atoms with E-state index in [1.54, 1.807) is 21.9 Å². The molecule has 1 aliphatic rings. The Morgan fingerprint density at radius 1 is 0.935 bits per heavy atom. The van der Waals surface area contributed by atoms with Crippen molar-refractivity contribution in [1.29, 1.82) is 5.26 Å². The van der Waals surface area contributed by atoms with E-state index < -0.39 is 11.7 Å². The van der Waals surface area contributed by atoms with Crippen molar-refractivity contribution in [2.24, 2.45) is 0 Å². The number of rotatable bonds is 5. The lowest BCUT2D eigenvalue weighted by atomic mass is 10.1. The summed E-state index contributed by atoms with van der Waals surface area (Å²) in [6, 6.07) is 13.4. The van der Waals surface area contributed by atoms with E-state index in [-0.39, 0.29) is 17.4 Å². The number of nitriles is 1. The lowest BCUT2D eigenvalue weighted by Crippen LogP contribution is -2.51. The van der Waals surface area contributed by atoms with Gasteiger partial charge in [-0.05, 0) is 42.0 Å². The van der Waals surface area contributed by atoms with Crippen LogP contribution in [-0.2, 0) is 16.7 Å². The molecule has 0 unspecified atom stereocenters. The summed E-state index contributed by atoms with van der Waals surface area (Å²) in [5, 5.41) is 8.81. The third-order valence-electron chi connectivity index (χ3n) is 4.96. The zero-order valence-corrected chi connectivity index (χ0v) is 17.4. The number of hydrogen-bond donors (Lipinski definition) is 0. The van der Waals surface area contributed by atoms with E-state index in [1.807, 2.05) is 12.1 Å². The number of carbonyl (C=O) groups excluding carboxylic acids is 2. The first kappa shape index (κ1) is 22.7. The average molecular weight is 447 g/mol. The van der Waals surface area contributed by atoms with Crippen molar-refractivity contribution in [2.45, 2.75) is 11.9 Å². The van der Waals surface area contributed by atoms with E-state index in [0.717, 1.165) is 17.7 Å². The van der Waals surface area contributed by atoms with Crippen LogP contribution in [0.1, 0.15) is 27.0 Å². The number of nitrogens with zero attached hydrogens (tertiary/aromatic N) is 3. The van der Waals surface area contributed by atoms with Crippen LogP contribution in [0, 0.1) is 11.3 Å². The fourth-order valence-electron chi connectivity index (χ4n) is 3.17. The SMILES string of the molecule is N#Cc1ccc(CSCC(=O)N2CCN(C(=O)c3ccc(C(F)(F)F)cc3)CC2)cc1. The van der Waals surface area contributed by atoms with Gasteiger partial charge in [0.25, 0.3) is 5.91 Å². The Bertz CT molecular complexity index is 961. The zero-order chi connectivity index (χ0) is 22.4. The van der Waals surface area contributed by atoms with Crippen LogP contribution in [0.2, 0.25) is 0 Å². The second kappa shape index (κ2) is 9.88.